The number of carbonyl (C=O) groups is 1. The van der Waals surface area contributed by atoms with Gasteiger partial charge in [0.25, 0.3) is 5.91 Å². The Balaban J connectivity index is 2.24. The second-order valence-electron chi connectivity index (χ2n) is 3.74. The number of hydrogen-bond donors (Lipinski definition) is 1. The Kier molecular flexibility index (Phi) is 3.58. The van der Waals surface area contributed by atoms with E-state index in [0.29, 0.717) is 10.8 Å². The van der Waals surface area contributed by atoms with Crippen molar-refractivity contribution in [3.05, 3.63) is 27.9 Å². The third kappa shape index (κ3) is 2.73. The summed E-state index contributed by atoms with van der Waals surface area (Å²) in [5.74, 6) is -0.179. The van der Waals surface area contributed by atoms with Crippen LogP contribution in [0.3, 0.4) is 0 Å². The summed E-state index contributed by atoms with van der Waals surface area (Å²) < 4.78 is 2.79. The molecule has 0 bridgehead atoms. The molecule has 0 aliphatic heterocycles. The third-order valence-corrected chi connectivity index (χ3v) is 3.23. The summed E-state index contributed by atoms with van der Waals surface area (Å²) in [6.07, 6.45) is 1.89. The van der Waals surface area contributed by atoms with Crippen LogP contribution in [0.2, 0.25) is 0 Å². The SMILES string of the molecule is CC(C)n1cc(Br)cc1C(=O)Nc1nncs1. The molecule has 7 heteroatoms. The Labute approximate surface area is 111 Å². The fourth-order valence-electron chi connectivity index (χ4n) is 1.44. The Morgan fingerprint density at radius 2 is 2.35 bits per heavy atom. The number of nitrogens with one attached hydrogen (secondary N) is 1. The summed E-state index contributed by atoms with van der Waals surface area (Å²) in [4.78, 5) is 12.0. The van der Waals surface area contributed by atoms with Gasteiger partial charge in [-0.25, -0.2) is 0 Å². The van der Waals surface area contributed by atoms with Crippen LogP contribution in [0.25, 0.3) is 0 Å². The quantitative estimate of drug-likeness (QED) is 0.947. The van der Waals surface area contributed by atoms with E-state index in [1.54, 1.807) is 11.6 Å². The second-order valence-corrected chi connectivity index (χ2v) is 5.49. The Morgan fingerprint density at radius 1 is 1.59 bits per heavy atom. The highest BCUT2D eigenvalue weighted by atomic mass is 79.9. The molecule has 0 radical (unpaired) electrons. The zero-order valence-electron chi connectivity index (χ0n) is 9.35. The maximum atomic E-state index is 12.0. The zero-order chi connectivity index (χ0) is 12.4. The van der Waals surface area contributed by atoms with Crippen LogP contribution in [-0.2, 0) is 0 Å². The average Bonchev–Trinajstić information content (AvgIpc) is 2.86. The first-order valence-electron chi connectivity index (χ1n) is 5.03. The van der Waals surface area contributed by atoms with Crippen molar-refractivity contribution in [3.8, 4) is 0 Å². The minimum atomic E-state index is -0.179. The van der Waals surface area contributed by atoms with Gasteiger partial charge in [0.1, 0.15) is 11.2 Å². The lowest BCUT2D eigenvalue weighted by molar-refractivity contribution is 0.101. The van der Waals surface area contributed by atoms with Crippen molar-refractivity contribution < 1.29 is 4.79 Å². The van der Waals surface area contributed by atoms with E-state index in [0.717, 1.165) is 4.47 Å². The summed E-state index contributed by atoms with van der Waals surface area (Å²) in [6.45, 7) is 4.04. The van der Waals surface area contributed by atoms with Gasteiger partial charge in [0, 0.05) is 16.7 Å². The van der Waals surface area contributed by atoms with Crippen molar-refractivity contribution in [2.45, 2.75) is 19.9 Å². The monoisotopic (exact) mass is 314 g/mol. The van der Waals surface area contributed by atoms with Gasteiger partial charge in [0.05, 0.1) is 0 Å². The average molecular weight is 315 g/mol. The standard InChI is InChI=1S/C10H11BrN4OS/c1-6(2)15-4-7(11)3-8(15)9(16)13-10-14-12-5-17-10/h3-6H,1-2H3,(H,13,14,16). The molecule has 5 nitrogen and oxygen atoms in total. The maximum Gasteiger partial charge on any atom is 0.274 e. The number of nitrogens with zero attached hydrogens (tertiary/aromatic N) is 3. The number of hydrogen-bond acceptors (Lipinski definition) is 4. The number of anilines is 1. The number of aromatic nitrogens is 3. The van der Waals surface area contributed by atoms with Crippen molar-refractivity contribution in [1.82, 2.24) is 14.8 Å². The molecule has 1 N–H and O–H groups in total. The number of carbonyl (C=O) groups excluding carboxylic acids is 1. The fraction of sp³-hybridized carbons (Fsp3) is 0.300. The van der Waals surface area contributed by atoms with E-state index in [1.807, 2.05) is 24.6 Å². The van der Waals surface area contributed by atoms with Gasteiger partial charge in [0.15, 0.2) is 0 Å². The molecule has 0 spiro atoms. The van der Waals surface area contributed by atoms with Crippen LogP contribution in [0.1, 0.15) is 30.4 Å². The molecule has 2 heterocycles. The zero-order valence-corrected chi connectivity index (χ0v) is 11.7. The van der Waals surface area contributed by atoms with Crippen molar-refractivity contribution in [2.24, 2.45) is 0 Å². The van der Waals surface area contributed by atoms with E-state index in [2.05, 4.69) is 31.4 Å². The molecule has 2 aromatic heterocycles. The van der Waals surface area contributed by atoms with Gasteiger partial charge in [-0.1, -0.05) is 11.3 Å². The molecule has 0 atom stereocenters. The summed E-state index contributed by atoms with van der Waals surface area (Å²) in [5, 5.41) is 10.7. The lowest BCUT2D eigenvalue weighted by Gasteiger charge is -2.11. The normalized spacial score (nSPS) is 10.8. The molecule has 2 rings (SSSR count). The smallest absolute Gasteiger partial charge is 0.274 e. The van der Waals surface area contributed by atoms with Gasteiger partial charge in [-0.2, -0.15) is 0 Å². The van der Waals surface area contributed by atoms with E-state index in [1.165, 1.54) is 11.3 Å². The fourth-order valence-corrected chi connectivity index (χ4v) is 2.32. The van der Waals surface area contributed by atoms with Crippen molar-refractivity contribution >= 4 is 38.3 Å². The molecular weight excluding hydrogens is 304 g/mol. The molecular formula is C10H11BrN4OS. The lowest BCUT2D eigenvalue weighted by atomic mass is 10.3. The van der Waals surface area contributed by atoms with E-state index in [9.17, 15) is 4.79 Å². The van der Waals surface area contributed by atoms with E-state index in [4.69, 9.17) is 0 Å². The third-order valence-electron chi connectivity index (χ3n) is 2.18. The number of rotatable bonds is 3. The van der Waals surface area contributed by atoms with Crippen LogP contribution in [-0.4, -0.2) is 20.7 Å². The van der Waals surface area contributed by atoms with Gasteiger partial charge in [-0.3, -0.25) is 10.1 Å². The van der Waals surface area contributed by atoms with Gasteiger partial charge < -0.3 is 4.57 Å². The number of amides is 1. The van der Waals surface area contributed by atoms with E-state index >= 15 is 0 Å². The molecule has 0 saturated heterocycles. The highest BCUT2D eigenvalue weighted by molar-refractivity contribution is 9.10. The summed E-state index contributed by atoms with van der Waals surface area (Å²) in [6, 6.07) is 2.01. The molecule has 0 aliphatic rings. The van der Waals surface area contributed by atoms with Gasteiger partial charge in [0.2, 0.25) is 5.13 Å². The molecule has 0 saturated carbocycles. The first-order valence-corrected chi connectivity index (χ1v) is 6.70. The predicted octanol–water partition coefficient (Wildman–Crippen LogP) is 2.94. The molecule has 90 valence electrons. The molecule has 17 heavy (non-hydrogen) atoms. The molecule has 0 aliphatic carbocycles. The highest BCUT2D eigenvalue weighted by Gasteiger charge is 2.15. The Morgan fingerprint density at radius 3 is 2.94 bits per heavy atom. The summed E-state index contributed by atoms with van der Waals surface area (Å²) in [7, 11) is 0. The minimum absolute atomic E-state index is 0.179. The molecule has 0 aromatic carbocycles. The molecule has 0 fully saturated rings. The number of halogens is 1. The Hall–Kier alpha value is -1.21. The minimum Gasteiger partial charge on any atom is -0.340 e. The first kappa shape index (κ1) is 12.3. The highest BCUT2D eigenvalue weighted by Crippen LogP contribution is 2.20. The van der Waals surface area contributed by atoms with Crippen molar-refractivity contribution in [1.29, 1.82) is 0 Å². The molecule has 2 aromatic rings. The van der Waals surface area contributed by atoms with Crippen LogP contribution in [0.5, 0.6) is 0 Å². The first-order chi connectivity index (χ1) is 8.08. The topological polar surface area (TPSA) is 59.8 Å². The van der Waals surface area contributed by atoms with Crippen LogP contribution >= 0.6 is 27.3 Å². The van der Waals surface area contributed by atoms with Crippen LogP contribution < -0.4 is 5.32 Å². The molecule has 1 amide bonds. The lowest BCUT2D eigenvalue weighted by Crippen LogP contribution is -2.17. The predicted molar refractivity (Wildman–Crippen MR) is 70.4 cm³/mol. The van der Waals surface area contributed by atoms with Crippen molar-refractivity contribution in [3.63, 3.8) is 0 Å². The van der Waals surface area contributed by atoms with Crippen LogP contribution in [0.4, 0.5) is 5.13 Å². The Bertz CT molecular complexity index is 520. The van der Waals surface area contributed by atoms with Crippen LogP contribution in [0, 0.1) is 0 Å². The summed E-state index contributed by atoms with van der Waals surface area (Å²) in [5.41, 5.74) is 2.18. The van der Waals surface area contributed by atoms with E-state index < -0.39 is 0 Å². The second kappa shape index (κ2) is 4.97. The molecule has 0 unspecified atom stereocenters. The van der Waals surface area contributed by atoms with Crippen LogP contribution in [0.15, 0.2) is 22.2 Å². The maximum absolute atomic E-state index is 12.0. The van der Waals surface area contributed by atoms with Crippen molar-refractivity contribution in [2.75, 3.05) is 5.32 Å². The van der Waals surface area contributed by atoms with Gasteiger partial charge >= 0.3 is 0 Å². The largest absolute Gasteiger partial charge is 0.340 e. The van der Waals surface area contributed by atoms with Gasteiger partial charge in [-0.15, -0.1) is 10.2 Å². The van der Waals surface area contributed by atoms with Gasteiger partial charge in [-0.05, 0) is 35.8 Å². The van der Waals surface area contributed by atoms with E-state index in [-0.39, 0.29) is 11.9 Å². The summed E-state index contributed by atoms with van der Waals surface area (Å²) >= 11 is 4.66.